The van der Waals surface area contributed by atoms with Gasteiger partial charge in [0, 0.05) is 12.3 Å². The van der Waals surface area contributed by atoms with Crippen LogP contribution in [0, 0.1) is 0 Å². The molecule has 1 atom stereocenters. The molecule has 0 spiro atoms. The molecular formula is C6H8N2O4. The van der Waals surface area contributed by atoms with Crippen molar-refractivity contribution < 1.29 is 14.4 Å². The van der Waals surface area contributed by atoms with Crippen LogP contribution in [-0.4, -0.2) is 21.9 Å². The quantitative estimate of drug-likeness (QED) is 0.600. The second-order valence-corrected chi connectivity index (χ2v) is 2.27. The molecule has 0 bridgehead atoms. The van der Waals surface area contributed by atoms with Crippen LogP contribution in [0.15, 0.2) is 21.6 Å². The predicted molar refractivity (Wildman–Crippen MR) is 38.6 cm³/mol. The highest BCUT2D eigenvalue weighted by Crippen LogP contribution is 1.88. The van der Waals surface area contributed by atoms with Crippen molar-refractivity contribution >= 4 is 5.97 Å². The summed E-state index contributed by atoms with van der Waals surface area (Å²) in [5.74, 6) is -1.13. The SMILES string of the molecule is N[C@@H](Cn1ccc(=O)o1)C(=O)O. The number of carbonyl (C=O) groups is 1. The van der Waals surface area contributed by atoms with Crippen molar-refractivity contribution in [3.63, 3.8) is 0 Å². The summed E-state index contributed by atoms with van der Waals surface area (Å²) in [4.78, 5) is 20.7. The molecule has 1 aromatic heterocycles. The van der Waals surface area contributed by atoms with Gasteiger partial charge in [0.15, 0.2) is 0 Å². The highest BCUT2D eigenvalue weighted by atomic mass is 16.5. The maximum atomic E-state index is 10.5. The number of carboxylic acid groups (broad SMARTS) is 1. The van der Waals surface area contributed by atoms with Gasteiger partial charge in [-0.1, -0.05) is 0 Å². The first kappa shape index (κ1) is 8.54. The first-order chi connectivity index (χ1) is 5.59. The Morgan fingerprint density at radius 3 is 2.92 bits per heavy atom. The molecule has 0 amide bonds. The van der Waals surface area contributed by atoms with E-state index in [4.69, 9.17) is 10.8 Å². The van der Waals surface area contributed by atoms with Gasteiger partial charge in [-0.15, -0.1) is 0 Å². The van der Waals surface area contributed by atoms with Crippen molar-refractivity contribution in [1.29, 1.82) is 0 Å². The van der Waals surface area contributed by atoms with E-state index >= 15 is 0 Å². The molecule has 12 heavy (non-hydrogen) atoms. The summed E-state index contributed by atoms with van der Waals surface area (Å²) < 4.78 is 5.61. The van der Waals surface area contributed by atoms with Crippen LogP contribution < -0.4 is 11.4 Å². The molecule has 0 saturated heterocycles. The van der Waals surface area contributed by atoms with Gasteiger partial charge in [-0.2, -0.15) is 0 Å². The molecule has 1 heterocycles. The van der Waals surface area contributed by atoms with Crippen LogP contribution in [0.1, 0.15) is 0 Å². The minimum absolute atomic E-state index is 0.0441. The van der Waals surface area contributed by atoms with Gasteiger partial charge in [0.1, 0.15) is 6.04 Å². The van der Waals surface area contributed by atoms with Crippen LogP contribution in [0.25, 0.3) is 0 Å². The summed E-state index contributed by atoms with van der Waals surface area (Å²) >= 11 is 0. The van der Waals surface area contributed by atoms with E-state index in [0.29, 0.717) is 0 Å². The van der Waals surface area contributed by atoms with E-state index < -0.39 is 17.6 Å². The maximum absolute atomic E-state index is 10.5. The number of nitrogens with two attached hydrogens (primary N) is 1. The lowest BCUT2D eigenvalue weighted by Gasteiger charge is -2.04. The van der Waals surface area contributed by atoms with Gasteiger partial charge < -0.3 is 15.4 Å². The number of rotatable bonds is 3. The van der Waals surface area contributed by atoms with E-state index in [1.165, 1.54) is 12.3 Å². The second-order valence-electron chi connectivity index (χ2n) is 2.27. The van der Waals surface area contributed by atoms with E-state index in [1.54, 1.807) is 0 Å². The van der Waals surface area contributed by atoms with Crippen LogP contribution in [0.2, 0.25) is 0 Å². The molecule has 6 heteroatoms. The molecular weight excluding hydrogens is 164 g/mol. The van der Waals surface area contributed by atoms with Crippen LogP contribution in [0.4, 0.5) is 0 Å². The van der Waals surface area contributed by atoms with Gasteiger partial charge in [0.2, 0.25) is 0 Å². The zero-order valence-corrected chi connectivity index (χ0v) is 6.14. The zero-order valence-electron chi connectivity index (χ0n) is 6.14. The summed E-state index contributed by atoms with van der Waals surface area (Å²) in [6.07, 6.45) is 1.34. The molecule has 0 fully saturated rings. The van der Waals surface area contributed by atoms with Gasteiger partial charge >= 0.3 is 11.6 Å². The highest BCUT2D eigenvalue weighted by Gasteiger charge is 2.12. The summed E-state index contributed by atoms with van der Waals surface area (Å²) in [7, 11) is 0. The number of aromatic nitrogens is 1. The molecule has 0 aliphatic heterocycles. The van der Waals surface area contributed by atoms with Crippen LogP contribution in [-0.2, 0) is 11.3 Å². The number of carboxylic acids is 1. The van der Waals surface area contributed by atoms with Crippen molar-refractivity contribution in [3.8, 4) is 0 Å². The molecule has 0 radical (unpaired) electrons. The van der Waals surface area contributed by atoms with E-state index in [9.17, 15) is 9.59 Å². The molecule has 0 unspecified atom stereocenters. The number of nitrogens with zero attached hydrogens (tertiary/aromatic N) is 1. The van der Waals surface area contributed by atoms with Crippen LogP contribution in [0.3, 0.4) is 0 Å². The molecule has 3 N–H and O–H groups in total. The fourth-order valence-electron chi connectivity index (χ4n) is 0.690. The van der Waals surface area contributed by atoms with Gasteiger partial charge in [0.25, 0.3) is 0 Å². The summed E-state index contributed by atoms with van der Waals surface area (Å²) in [6.45, 7) is -0.0441. The third-order valence-electron chi connectivity index (χ3n) is 1.28. The second kappa shape index (κ2) is 3.22. The van der Waals surface area contributed by atoms with Crippen molar-refractivity contribution in [2.75, 3.05) is 0 Å². The van der Waals surface area contributed by atoms with Gasteiger partial charge in [-0.3, -0.25) is 4.79 Å². The van der Waals surface area contributed by atoms with Crippen molar-refractivity contribution in [2.24, 2.45) is 5.73 Å². The zero-order chi connectivity index (χ0) is 9.14. The fourth-order valence-corrected chi connectivity index (χ4v) is 0.690. The smallest absolute Gasteiger partial charge is 0.357 e. The van der Waals surface area contributed by atoms with Crippen molar-refractivity contribution in [3.05, 3.63) is 22.7 Å². The van der Waals surface area contributed by atoms with E-state index in [2.05, 4.69) is 4.52 Å². The Morgan fingerprint density at radius 1 is 1.83 bits per heavy atom. The predicted octanol–water partition coefficient (Wildman–Crippen LogP) is -1.15. The largest absolute Gasteiger partial charge is 0.480 e. The summed E-state index contributed by atoms with van der Waals surface area (Å²) in [5.41, 5.74) is 4.65. The normalized spacial score (nSPS) is 12.8. The van der Waals surface area contributed by atoms with Gasteiger partial charge in [-0.05, 0) is 0 Å². The number of hydrogen-bond acceptors (Lipinski definition) is 4. The first-order valence-corrected chi connectivity index (χ1v) is 3.25. The minimum Gasteiger partial charge on any atom is -0.480 e. The molecule has 0 aromatic carbocycles. The van der Waals surface area contributed by atoms with Crippen molar-refractivity contribution in [1.82, 2.24) is 4.74 Å². The molecule has 0 aliphatic rings. The maximum Gasteiger partial charge on any atom is 0.357 e. The third-order valence-corrected chi connectivity index (χ3v) is 1.28. The Morgan fingerprint density at radius 2 is 2.50 bits per heavy atom. The number of aliphatic carboxylic acids is 1. The Kier molecular flexibility index (Phi) is 2.29. The fraction of sp³-hybridized carbons (Fsp3) is 0.333. The van der Waals surface area contributed by atoms with E-state index in [0.717, 1.165) is 4.74 Å². The Balaban J connectivity index is 2.64. The van der Waals surface area contributed by atoms with Gasteiger partial charge in [-0.25, -0.2) is 9.53 Å². The number of hydrogen-bond donors (Lipinski definition) is 2. The monoisotopic (exact) mass is 172 g/mol. The van der Waals surface area contributed by atoms with Crippen molar-refractivity contribution in [2.45, 2.75) is 12.6 Å². The summed E-state index contributed by atoms with van der Waals surface area (Å²) in [5, 5.41) is 8.39. The molecule has 66 valence electrons. The lowest BCUT2D eigenvalue weighted by Crippen LogP contribution is -2.34. The average molecular weight is 172 g/mol. The van der Waals surface area contributed by atoms with E-state index in [-0.39, 0.29) is 6.54 Å². The molecule has 1 rings (SSSR count). The molecule has 1 aromatic rings. The highest BCUT2D eigenvalue weighted by molar-refractivity contribution is 5.72. The average Bonchev–Trinajstić information content (AvgIpc) is 2.35. The molecule has 0 aliphatic carbocycles. The third kappa shape index (κ3) is 1.96. The van der Waals surface area contributed by atoms with Crippen LogP contribution >= 0.6 is 0 Å². The lowest BCUT2D eigenvalue weighted by atomic mass is 10.3. The minimum atomic E-state index is -1.13. The molecule has 0 saturated carbocycles. The molecule has 6 nitrogen and oxygen atoms in total. The van der Waals surface area contributed by atoms with Crippen LogP contribution in [0.5, 0.6) is 0 Å². The standard InChI is InChI=1S/C6H8N2O4/c7-4(6(10)11)3-8-2-1-5(9)12-8/h1-2,4H,3,7H2,(H,10,11)/t4-/m0/s1. The Bertz CT molecular complexity index is 326. The summed E-state index contributed by atoms with van der Waals surface area (Å²) in [6, 6.07) is 0.134. The van der Waals surface area contributed by atoms with E-state index in [1.807, 2.05) is 0 Å². The Labute approximate surface area is 67.2 Å². The topological polar surface area (TPSA) is 98.5 Å². The lowest BCUT2D eigenvalue weighted by molar-refractivity contribution is -0.139. The Hall–Kier alpha value is -1.56. The van der Waals surface area contributed by atoms with Gasteiger partial charge in [0.05, 0.1) is 6.54 Å². The first-order valence-electron chi connectivity index (χ1n) is 3.25.